The van der Waals surface area contributed by atoms with E-state index in [-0.39, 0.29) is 0 Å². The quantitative estimate of drug-likeness (QED) is 0.758. The molecule has 90 valence electrons. The second-order valence-electron chi connectivity index (χ2n) is 5.93. The van der Waals surface area contributed by atoms with Crippen molar-refractivity contribution >= 4 is 0 Å². The van der Waals surface area contributed by atoms with E-state index in [9.17, 15) is 0 Å². The number of nitrogens with zero attached hydrogens (tertiary/aromatic N) is 1. The van der Waals surface area contributed by atoms with Gasteiger partial charge < -0.3 is 10.6 Å². The molecule has 1 aliphatic carbocycles. The first-order chi connectivity index (χ1) is 6.97. The summed E-state index contributed by atoms with van der Waals surface area (Å²) in [5.41, 5.74) is 6.66. The van der Waals surface area contributed by atoms with E-state index in [1.54, 1.807) is 0 Å². The third-order valence-electron chi connectivity index (χ3n) is 4.01. The van der Waals surface area contributed by atoms with Crippen LogP contribution in [0, 0.1) is 11.3 Å². The van der Waals surface area contributed by atoms with E-state index >= 15 is 0 Å². The number of unbranched alkanes of at least 4 members (excludes halogenated alkanes) is 1. The molecule has 2 N–H and O–H groups in total. The molecule has 0 aromatic carbocycles. The molecule has 0 aromatic heterocycles. The van der Waals surface area contributed by atoms with E-state index < -0.39 is 0 Å². The number of rotatable bonds is 5. The number of hydrogen-bond acceptors (Lipinski definition) is 2. The van der Waals surface area contributed by atoms with Gasteiger partial charge in [-0.3, -0.25) is 0 Å². The van der Waals surface area contributed by atoms with E-state index in [2.05, 4.69) is 32.7 Å². The van der Waals surface area contributed by atoms with Gasteiger partial charge in [0, 0.05) is 12.6 Å². The van der Waals surface area contributed by atoms with Crippen molar-refractivity contribution in [1.29, 1.82) is 0 Å². The van der Waals surface area contributed by atoms with Crippen molar-refractivity contribution in [3.63, 3.8) is 0 Å². The van der Waals surface area contributed by atoms with Crippen LogP contribution in [-0.2, 0) is 0 Å². The molecule has 0 bridgehead atoms. The number of hydrogen-bond donors (Lipinski definition) is 1. The molecule has 1 aliphatic rings. The average Bonchev–Trinajstić information content (AvgIpc) is 2.42. The summed E-state index contributed by atoms with van der Waals surface area (Å²) < 4.78 is 0. The minimum absolute atomic E-state index is 0.357. The lowest BCUT2D eigenvalue weighted by atomic mass is 9.85. The summed E-state index contributed by atoms with van der Waals surface area (Å²) in [6, 6.07) is 0.390. The molecule has 2 atom stereocenters. The Morgan fingerprint density at radius 2 is 2.07 bits per heavy atom. The van der Waals surface area contributed by atoms with Crippen LogP contribution in [0.3, 0.4) is 0 Å². The maximum atomic E-state index is 6.31. The van der Waals surface area contributed by atoms with Gasteiger partial charge in [0.2, 0.25) is 0 Å². The Bertz CT molecular complexity index is 189. The van der Waals surface area contributed by atoms with Gasteiger partial charge in [-0.05, 0) is 44.2 Å². The summed E-state index contributed by atoms with van der Waals surface area (Å²) in [4.78, 5) is 2.45. The zero-order valence-corrected chi connectivity index (χ0v) is 10.9. The third kappa shape index (κ3) is 3.46. The first-order valence-corrected chi connectivity index (χ1v) is 6.41. The lowest BCUT2D eigenvalue weighted by molar-refractivity contribution is 0.232. The van der Waals surface area contributed by atoms with Crippen molar-refractivity contribution in [3.8, 4) is 0 Å². The summed E-state index contributed by atoms with van der Waals surface area (Å²) in [7, 11) is 2.23. The Labute approximate surface area is 95.2 Å². The Morgan fingerprint density at radius 3 is 2.53 bits per heavy atom. The van der Waals surface area contributed by atoms with Crippen molar-refractivity contribution in [2.75, 3.05) is 20.1 Å². The maximum absolute atomic E-state index is 6.31. The minimum Gasteiger partial charge on any atom is -0.327 e. The van der Waals surface area contributed by atoms with Gasteiger partial charge in [0.25, 0.3) is 0 Å². The van der Waals surface area contributed by atoms with Crippen molar-refractivity contribution in [3.05, 3.63) is 0 Å². The van der Waals surface area contributed by atoms with E-state index in [1.165, 1.54) is 38.8 Å². The van der Waals surface area contributed by atoms with Crippen molar-refractivity contribution in [2.24, 2.45) is 17.1 Å². The molecule has 0 aliphatic heterocycles. The van der Waals surface area contributed by atoms with Gasteiger partial charge in [0.05, 0.1) is 0 Å². The Hall–Kier alpha value is -0.0800. The van der Waals surface area contributed by atoms with E-state index in [4.69, 9.17) is 5.73 Å². The normalized spacial score (nSPS) is 30.0. The molecular formula is C13H28N2. The summed E-state index contributed by atoms with van der Waals surface area (Å²) in [5, 5.41) is 0. The van der Waals surface area contributed by atoms with Crippen LogP contribution in [0.2, 0.25) is 0 Å². The van der Waals surface area contributed by atoms with Crippen LogP contribution < -0.4 is 5.73 Å². The summed E-state index contributed by atoms with van der Waals surface area (Å²) in [6.07, 6.45) is 5.19. The molecule has 1 rings (SSSR count). The zero-order chi connectivity index (χ0) is 11.5. The van der Waals surface area contributed by atoms with Gasteiger partial charge in [0.15, 0.2) is 0 Å². The second-order valence-corrected chi connectivity index (χ2v) is 5.93. The maximum Gasteiger partial charge on any atom is 0.0131 e. The molecule has 2 unspecified atom stereocenters. The van der Waals surface area contributed by atoms with Gasteiger partial charge in [-0.25, -0.2) is 0 Å². The second kappa shape index (κ2) is 5.31. The van der Waals surface area contributed by atoms with Crippen LogP contribution in [0.5, 0.6) is 0 Å². The lowest BCUT2D eigenvalue weighted by Gasteiger charge is -2.29. The number of nitrogens with two attached hydrogens (primary N) is 1. The fraction of sp³-hybridized carbons (Fsp3) is 1.00. The van der Waals surface area contributed by atoms with Gasteiger partial charge in [0.1, 0.15) is 0 Å². The highest BCUT2D eigenvalue weighted by Gasteiger charge is 2.39. The predicted molar refractivity (Wildman–Crippen MR) is 66.9 cm³/mol. The Kier molecular flexibility index (Phi) is 4.60. The fourth-order valence-corrected chi connectivity index (χ4v) is 2.67. The van der Waals surface area contributed by atoms with Crippen LogP contribution in [0.25, 0.3) is 0 Å². The van der Waals surface area contributed by atoms with Gasteiger partial charge in [-0.1, -0.05) is 27.2 Å². The van der Waals surface area contributed by atoms with Crippen LogP contribution in [0.1, 0.15) is 46.5 Å². The minimum atomic E-state index is 0.357. The molecule has 15 heavy (non-hydrogen) atoms. The summed E-state index contributed by atoms with van der Waals surface area (Å²) in [6.45, 7) is 9.27. The molecule has 0 amide bonds. The topological polar surface area (TPSA) is 29.3 Å². The molecule has 2 nitrogen and oxygen atoms in total. The first kappa shape index (κ1) is 13.0. The van der Waals surface area contributed by atoms with Crippen molar-refractivity contribution in [2.45, 2.75) is 52.5 Å². The Balaban J connectivity index is 2.33. The highest BCUT2D eigenvalue weighted by atomic mass is 15.1. The summed E-state index contributed by atoms with van der Waals surface area (Å²) >= 11 is 0. The molecule has 0 radical (unpaired) electrons. The zero-order valence-electron chi connectivity index (χ0n) is 10.9. The van der Waals surface area contributed by atoms with Crippen molar-refractivity contribution in [1.82, 2.24) is 4.90 Å². The molecule has 0 heterocycles. The predicted octanol–water partition coefficient (Wildman–Crippen LogP) is 2.48. The van der Waals surface area contributed by atoms with Gasteiger partial charge in [-0.15, -0.1) is 0 Å². The SMILES string of the molecule is CCCCN(C)CC1CCC(C)(C)C1N. The fourth-order valence-electron chi connectivity index (χ4n) is 2.67. The summed E-state index contributed by atoms with van der Waals surface area (Å²) in [5.74, 6) is 0.710. The van der Waals surface area contributed by atoms with E-state index in [0.717, 1.165) is 0 Å². The molecule has 2 heteroatoms. The van der Waals surface area contributed by atoms with Crippen LogP contribution >= 0.6 is 0 Å². The highest BCUT2D eigenvalue weighted by molar-refractivity contribution is 4.94. The Morgan fingerprint density at radius 1 is 1.40 bits per heavy atom. The molecular weight excluding hydrogens is 184 g/mol. The first-order valence-electron chi connectivity index (χ1n) is 6.41. The van der Waals surface area contributed by atoms with Crippen LogP contribution in [-0.4, -0.2) is 31.1 Å². The highest BCUT2D eigenvalue weighted by Crippen LogP contribution is 2.40. The standard InChI is InChI=1S/C13H28N2/c1-5-6-9-15(4)10-11-7-8-13(2,3)12(11)14/h11-12H,5-10,14H2,1-4H3. The molecule has 1 saturated carbocycles. The molecule has 0 saturated heterocycles. The third-order valence-corrected chi connectivity index (χ3v) is 4.01. The molecule has 0 spiro atoms. The van der Waals surface area contributed by atoms with Gasteiger partial charge >= 0.3 is 0 Å². The average molecular weight is 212 g/mol. The van der Waals surface area contributed by atoms with Crippen LogP contribution in [0.15, 0.2) is 0 Å². The van der Waals surface area contributed by atoms with Crippen molar-refractivity contribution < 1.29 is 0 Å². The molecule has 1 fully saturated rings. The van der Waals surface area contributed by atoms with Crippen LogP contribution in [0.4, 0.5) is 0 Å². The van der Waals surface area contributed by atoms with E-state index in [0.29, 0.717) is 17.4 Å². The van der Waals surface area contributed by atoms with Gasteiger partial charge in [-0.2, -0.15) is 0 Å². The smallest absolute Gasteiger partial charge is 0.0131 e. The lowest BCUT2D eigenvalue weighted by Crippen LogP contribution is -2.41. The molecule has 0 aromatic rings. The van der Waals surface area contributed by atoms with E-state index in [1.807, 2.05) is 0 Å². The largest absolute Gasteiger partial charge is 0.327 e. The monoisotopic (exact) mass is 212 g/mol.